The van der Waals surface area contributed by atoms with Crippen molar-refractivity contribution in [3.8, 4) is 0 Å². The molecule has 0 saturated heterocycles. The van der Waals surface area contributed by atoms with Crippen LogP contribution in [-0.4, -0.2) is 24.5 Å². The Labute approximate surface area is 137 Å². The molecular weight excluding hydrogens is 290 g/mol. The van der Waals surface area contributed by atoms with Crippen molar-refractivity contribution >= 4 is 18.0 Å². The maximum atomic E-state index is 12.3. The lowest BCUT2D eigenvalue weighted by molar-refractivity contribution is -0.152. The summed E-state index contributed by atoms with van der Waals surface area (Å²) in [7, 11) is 1.37. The summed E-state index contributed by atoms with van der Waals surface area (Å²) in [6, 6.07) is 6.08. The Balaban J connectivity index is 2.10. The third-order valence-electron chi connectivity index (χ3n) is 4.49. The van der Waals surface area contributed by atoms with Gasteiger partial charge in [-0.05, 0) is 43.9 Å². The van der Waals surface area contributed by atoms with Gasteiger partial charge in [0.15, 0.2) is 0 Å². The van der Waals surface area contributed by atoms with Crippen molar-refractivity contribution in [2.45, 2.75) is 51.5 Å². The molecule has 2 rings (SSSR count). The molecule has 0 unspecified atom stereocenters. The normalized spacial score (nSPS) is 17.0. The van der Waals surface area contributed by atoms with E-state index in [1.807, 2.05) is 26.0 Å². The molecule has 0 bridgehead atoms. The van der Waals surface area contributed by atoms with E-state index in [-0.39, 0.29) is 11.9 Å². The van der Waals surface area contributed by atoms with Gasteiger partial charge in [-0.1, -0.05) is 43.0 Å². The summed E-state index contributed by atoms with van der Waals surface area (Å²) < 4.78 is 4.91. The lowest BCUT2D eigenvalue weighted by Crippen LogP contribution is -2.55. The van der Waals surface area contributed by atoms with Gasteiger partial charge < -0.3 is 10.1 Å². The largest absolute Gasteiger partial charge is 0.467 e. The molecule has 4 nitrogen and oxygen atoms in total. The predicted octanol–water partition coefficient (Wildman–Crippen LogP) is 3.31. The minimum atomic E-state index is -0.864. The zero-order valence-electron chi connectivity index (χ0n) is 14.1. The van der Waals surface area contributed by atoms with Gasteiger partial charge in [0.2, 0.25) is 5.91 Å². The lowest BCUT2D eigenvalue weighted by atomic mass is 9.81. The van der Waals surface area contributed by atoms with E-state index in [4.69, 9.17) is 4.74 Å². The smallest absolute Gasteiger partial charge is 0.331 e. The number of nitrogens with one attached hydrogen (secondary N) is 1. The molecular formula is C19H25NO3. The van der Waals surface area contributed by atoms with Crippen molar-refractivity contribution < 1.29 is 14.3 Å². The van der Waals surface area contributed by atoms with E-state index < -0.39 is 5.54 Å². The predicted molar refractivity (Wildman–Crippen MR) is 90.9 cm³/mol. The summed E-state index contributed by atoms with van der Waals surface area (Å²) >= 11 is 0. The maximum absolute atomic E-state index is 12.3. The molecule has 1 aromatic rings. The molecule has 0 aliphatic heterocycles. The first-order valence-corrected chi connectivity index (χ1v) is 8.13. The van der Waals surface area contributed by atoms with Gasteiger partial charge in [0.05, 0.1) is 7.11 Å². The molecule has 0 aromatic heterocycles. The number of ether oxygens (including phenoxy) is 1. The fraction of sp³-hybridized carbons (Fsp3) is 0.474. The minimum absolute atomic E-state index is 0.253. The highest BCUT2D eigenvalue weighted by molar-refractivity contribution is 5.96. The van der Waals surface area contributed by atoms with Gasteiger partial charge in [-0.15, -0.1) is 0 Å². The van der Waals surface area contributed by atoms with Crippen molar-refractivity contribution in [1.82, 2.24) is 5.32 Å². The number of esters is 1. The second-order valence-electron chi connectivity index (χ2n) is 6.32. The van der Waals surface area contributed by atoms with E-state index in [1.165, 1.54) is 18.7 Å². The van der Waals surface area contributed by atoms with Crippen molar-refractivity contribution in [2.24, 2.45) is 0 Å². The SMILES string of the molecule is COC(=O)C1(NC(=O)C=Cc2ccc(C)cc2C)CCCCC1. The van der Waals surface area contributed by atoms with Crippen LogP contribution in [0.1, 0.15) is 48.8 Å². The van der Waals surface area contributed by atoms with E-state index in [9.17, 15) is 9.59 Å². The van der Waals surface area contributed by atoms with Gasteiger partial charge in [-0.3, -0.25) is 4.79 Å². The zero-order valence-corrected chi connectivity index (χ0v) is 14.1. The molecule has 0 heterocycles. The number of benzene rings is 1. The Hall–Kier alpha value is -2.10. The van der Waals surface area contributed by atoms with E-state index in [2.05, 4.69) is 11.4 Å². The average molecular weight is 315 g/mol. The Morgan fingerprint density at radius 2 is 1.87 bits per heavy atom. The highest BCUT2D eigenvalue weighted by Gasteiger charge is 2.41. The summed E-state index contributed by atoms with van der Waals surface area (Å²) in [5, 5.41) is 2.88. The number of rotatable bonds is 4. The van der Waals surface area contributed by atoms with Crippen LogP contribution in [-0.2, 0) is 14.3 Å². The molecule has 1 aromatic carbocycles. The first-order valence-electron chi connectivity index (χ1n) is 8.13. The quantitative estimate of drug-likeness (QED) is 0.685. The molecule has 0 atom stereocenters. The Bertz CT molecular complexity index is 613. The van der Waals surface area contributed by atoms with Gasteiger partial charge in [0.25, 0.3) is 0 Å². The number of aryl methyl sites for hydroxylation is 2. The first kappa shape index (κ1) is 17.3. The van der Waals surface area contributed by atoms with Crippen LogP contribution < -0.4 is 5.32 Å². The summed E-state index contributed by atoms with van der Waals surface area (Å²) in [6.07, 6.45) is 7.51. The molecule has 124 valence electrons. The summed E-state index contributed by atoms with van der Waals surface area (Å²) in [5.41, 5.74) is 2.45. The number of amides is 1. The monoisotopic (exact) mass is 315 g/mol. The van der Waals surface area contributed by atoms with Crippen molar-refractivity contribution in [1.29, 1.82) is 0 Å². The van der Waals surface area contributed by atoms with Gasteiger partial charge in [0.1, 0.15) is 5.54 Å². The molecule has 23 heavy (non-hydrogen) atoms. The minimum Gasteiger partial charge on any atom is -0.467 e. The van der Waals surface area contributed by atoms with Crippen molar-refractivity contribution in [3.63, 3.8) is 0 Å². The van der Waals surface area contributed by atoms with Crippen LogP contribution in [0.4, 0.5) is 0 Å². The fourth-order valence-electron chi connectivity index (χ4n) is 3.19. The van der Waals surface area contributed by atoms with Crippen LogP contribution in [0.25, 0.3) is 6.08 Å². The Morgan fingerprint density at radius 1 is 1.17 bits per heavy atom. The molecule has 1 N–H and O–H groups in total. The summed E-state index contributed by atoms with van der Waals surface area (Å²) in [6.45, 7) is 4.05. The van der Waals surface area contributed by atoms with Gasteiger partial charge in [-0.2, -0.15) is 0 Å². The molecule has 1 aliphatic rings. The van der Waals surface area contributed by atoms with Gasteiger partial charge in [-0.25, -0.2) is 4.79 Å². The number of hydrogen-bond acceptors (Lipinski definition) is 3. The van der Waals surface area contributed by atoms with E-state index in [1.54, 1.807) is 6.08 Å². The van der Waals surface area contributed by atoms with Crippen molar-refractivity contribution in [2.75, 3.05) is 7.11 Å². The maximum Gasteiger partial charge on any atom is 0.331 e. The van der Waals surface area contributed by atoms with Crippen LogP contribution in [0.2, 0.25) is 0 Å². The average Bonchev–Trinajstić information content (AvgIpc) is 2.54. The van der Waals surface area contributed by atoms with E-state index in [0.29, 0.717) is 12.8 Å². The van der Waals surface area contributed by atoms with E-state index in [0.717, 1.165) is 30.4 Å². The third-order valence-corrected chi connectivity index (χ3v) is 4.49. The molecule has 1 aliphatic carbocycles. The first-order chi connectivity index (χ1) is 11.0. The molecule has 1 amide bonds. The Morgan fingerprint density at radius 3 is 2.48 bits per heavy atom. The highest BCUT2D eigenvalue weighted by Crippen LogP contribution is 2.29. The second kappa shape index (κ2) is 7.44. The van der Waals surface area contributed by atoms with E-state index >= 15 is 0 Å². The summed E-state index contributed by atoms with van der Waals surface area (Å²) in [4.78, 5) is 24.4. The third kappa shape index (κ3) is 4.21. The molecule has 1 saturated carbocycles. The van der Waals surface area contributed by atoms with Crippen LogP contribution in [0, 0.1) is 13.8 Å². The van der Waals surface area contributed by atoms with Crippen molar-refractivity contribution in [3.05, 3.63) is 41.0 Å². The molecule has 1 fully saturated rings. The highest BCUT2D eigenvalue weighted by atomic mass is 16.5. The Kier molecular flexibility index (Phi) is 5.59. The number of carbonyl (C=O) groups is 2. The zero-order chi connectivity index (χ0) is 16.9. The number of carbonyl (C=O) groups excluding carboxylic acids is 2. The van der Waals surface area contributed by atoms with Gasteiger partial charge in [0, 0.05) is 6.08 Å². The van der Waals surface area contributed by atoms with Crippen LogP contribution in [0.15, 0.2) is 24.3 Å². The fourth-order valence-corrected chi connectivity index (χ4v) is 3.19. The summed E-state index contributed by atoms with van der Waals surface area (Å²) in [5.74, 6) is -0.595. The lowest BCUT2D eigenvalue weighted by Gasteiger charge is -2.34. The second-order valence-corrected chi connectivity index (χ2v) is 6.32. The van der Waals surface area contributed by atoms with Crippen LogP contribution >= 0.6 is 0 Å². The molecule has 4 heteroatoms. The van der Waals surface area contributed by atoms with Crippen LogP contribution in [0.5, 0.6) is 0 Å². The van der Waals surface area contributed by atoms with Crippen LogP contribution in [0.3, 0.4) is 0 Å². The number of methoxy groups -OCH3 is 1. The number of hydrogen-bond donors (Lipinski definition) is 1. The van der Waals surface area contributed by atoms with Gasteiger partial charge >= 0.3 is 5.97 Å². The molecule has 0 radical (unpaired) electrons. The standard InChI is InChI=1S/C19H25NO3/c1-14-7-8-16(15(2)13-14)9-10-17(21)20-19(18(22)23-3)11-5-4-6-12-19/h7-10,13H,4-6,11-12H2,1-3H3,(H,20,21). The topological polar surface area (TPSA) is 55.4 Å². The molecule has 0 spiro atoms.